The first kappa shape index (κ1) is 19.0. The summed E-state index contributed by atoms with van der Waals surface area (Å²) in [6.45, 7) is 4.04. The van der Waals surface area contributed by atoms with E-state index in [4.69, 9.17) is 16.0 Å². The van der Waals surface area contributed by atoms with E-state index in [1.165, 1.54) is 0 Å². The second-order valence-corrected chi connectivity index (χ2v) is 8.26. The molecule has 0 atom stereocenters. The number of benzene rings is 3. The lowest BCUT2D eigenvalue weighted by Crippen LogP contribution is -2.12. The number of halogens is 2. The first-order valence-corrected chi connectivity index (χ1v) is 10.1. The molecule has 0 aliphatic carbocycles. The highest BCUT2D eigenvalue weighted by atomic mass is 127. The van der Waals surface area contributed by atoms with Gasteiger partial charge in [-0.2, -0.15) is 0 Å². The van der Waals surface area contributed by atoms with Gasteiger partial charge in [0.2, 0.25) is 5.89 Å². The summed E-state index contributed by atoms with van der Waals surface area (Å²) in [6.07, 6.45) is 0. The molecule has 6 heteroatoms. The Morgan fingerprint density at radius 3 is 2.75 bits per heavy atom. The van der Waals surface area contributed by atoms with Crippen LogP contribution < -0.4 is 5.32 Å². The number of rotatable bonds is 3. The van der Waals surface area contributed by atoms with Crippen molar-refractivity contribution in [1.29, 1.82) is 0 Å². The van der Waals surface area contributed by atoms with Gasteiger partial charge in [-0.1, -0.05) is 23.7 Å². The molecule has 28 heavy (non-hydrogen) atoms. The van der Waals surface area contributed by atoms with E-state index in [9.17, 15) is 4.79 Å². The number of fused-ring (bicyclic) bond motifs is 1. The molecular weight excluding hydrogens is 487 g/mol. The van der Waals surface area contributed by atoms with Crippen LogP contribution in [0.3, 0.4) is 0 Å². The zero-order chi connectivity index (χ0) is 19.8. The number of oxazole rings is 1. The number of hydrogen-bond acceptors (Lipinski definition) is 3. The molecule has 0 bridgehead atoms. The molecule has 4 aromatic rings. The molecule has 4 nitrogen and oxygen atoms in total. The molecule has 3 aromatic carbocycles. The standard InChI is InChI=1S/C22H16ClIN2O2/c1-12-8-13(2)20-19(9-12)26-22(28-20)14-4-3-5-16(10-14)25-21(27)17-11-15(24)6-7-18(17)23/h3-11H,1-2H3,(H,25,27). The summed E-state index contributed by atoms with van der Waals surface area (Å²) in [5, 5.41) is 3.31. The van der Waals surface area contributed by atoms with Crippen LogP contribution in [0, 0.1) is 17.4 Å². The first-order chi connectivity index (χ1) is 13.4. The van der Waals surface area contributed by atoms with Crippen LogP contribution in [0.25, 0.3) is 22.6 Å². The van der Waals surface area contributed by atoms with Crippen molar-refractivity contribution >= 4 is 56.9 Å². The predicted molar refractivity (Wildman–Crippen MR) is 121 cm³/mol. The summed E-state index contributed by atoms with van der Waals surface area (Å²) in [5.74, 6) is 0.261. The van der Waals surface area contributed by atoms with Gasteiger partial charge in [-0.15, -0.1) is 0 Å². The third kappa shape index (κ3) is 3.77. The second-order valence-electron chi connectivity index (χ2n) is 6.61. The maximum atomic E-state index is 12.6. The molecule has 0 aliphatic heterocycles. The van der Waals surface area contributed by atoms with Gasteiger partial charge < -0.3 is 9.73 Å². The minimum absolute atomic E-state index is 0.260. The molecule has 0 spiro atoms. The van der Waals surface area contributed by atoms with E-state index in [2.05, 4.69) is 39.0 Å². The van der Waals surface area contributed by atoms with E-state index in [1.807, 2.05) is 50.2 Å². The van der Waals surface area contributed by atoms with E-state index in [1.54, 1.807) is 12.1 Å². The molecule has 0 radical (unpaired) electrons. The number of nitrogens with zero attached hydrogens (tertiary/aromatic N) is 1. The quantitative estimate of drug-likeness (QED) is 0.320. The van der Waals surface area contributed by atoms with E-state index >= 15 is 0 Å². The van der Waals surface area contributed by atoms with Crippen molar-refractivity contribution in [3.8, 4) is 11.5 Å². The molecule has 0 fully saturated rings. The average molecular weight is 503 g/mol. The Morgan fingerprint density at radius 1 is 1.11 bits per heavy atom. The van der Waals surface area contributed by atoms with Crippen molar-refractivity contribution < 1.29 is 9.21 Å². The average Bonchev–Trinajstić information content (AvgIpc) is 3.08. The van der Waals surface area contributed by atoms with Gasteiger partial charge in [0.25, 0.3) is 5.91 Å². The number of nitrogens with one attached hydrogen (secondary N) is 1. The van der Waals surface area contributed by atoms with E-state index in [0.29, 0.717) is 22.2 Å². The smallest absolute Gasteiger partial charge is 0.257 e. The minimum Gasteiger partial charge on any atom is -0.436 e. The van der Waals surface area contributed by atoms with E-state index in [0.717, 1.165) is 31.4 Å². The predicted octanol–water partition coefficient (Wildman–Crippen LogP) is 6.62. The Hall–Kier alpha value is -2.38. The fourth-order valence-corrected chi connectivity index (χ4v) is 3.79. The molecule has 1 aromatic heterocycles. The normalized spacial score (nSPS) is 11.0. The van der Waals surface area contributed by atoms with Crippen LogP contribution in [-0.4, -0.2) is 10.9 Å². The molecule has 1 N–H and O–H groups in total. The van der Waals surface area contributed by atoms with Crippen molar-refractivity contribution in [3.05, 3.63) is 79.9 Å². The van der Waals surface area contributed by atoms with Crippen molar-refractivity contribution in [2.45, 2.75) is 13.8 Å². The third-order valence-corrected chi connectivity index (χ3v) is 5.36. The van der Waals surface area contributed by atoms with Crippen LogP contribution in [0.2, 0.25) is 5.02 Å². The summed E-state index contributed by atoms with van der Waals surface area (Å²) in [7, 11) is 0. The lowest BCUT2D eigenvalue weighted by molar-refractivity contribution is 0.102. The van der Waals surface area contributed by atoms with Gasteiger partial charge >= 0.3 is 0 Å². The maximum absolute atomic E-state index is 12.6. The third-order valence-electron chi connectivity index (χ3n) is 4.36. The van der Waals surface area contributed by atoms with Crippen LogP contribution in [0.4, 0.5) is 5.69 Å². The largest absolute Gasteiger partial charge is 0.436 e. The summed E-state index contributed by atoms with van der Waals surface area (Å²) >= 11 is 8.32. The van der Waals surface area contributed by atoms with Crippen LogP contribution in [0.5, 0.6) is 0 Å². The second kappa shape index (κ2) is 7.56. The molecular formula is C22H16ClIN2O2. The van der Waals surface area contributed by atoms with Crippen molar-refractivity contribution in [1.82, 2.24) is 4.98 Å². The zero-order valence-corrected chi connectivity index (χ0v) is 18.1. The van der Waals surface area contributed by atoms with Crippen molar-refractivity contribution in [3.63, 3.8) is 0 Å². The van der Waals surface area contributed by atoms with Crippen molar-refractivity contribution in [2.75, 3.05) is 5.32 Å². The molecule has 0 aliphatic rings. The number of carbonyl (C=O) groups excluding carboxylic acids is 1. The maximum Gasteiger partial charge on any atom is 0.257 e. The fraction of sp³-hybridized carbons (Fsp3) is 0.0909. The number of aromatic nitrogens is 1. The molecule has 0 saturated carbocycles. The Bertz CT molecular complexity index is 1220. The first-order valence-electron chi connectivity index (χ1n) is 8.65. The number of aryl methyl sites for hydroxylation is 2. The molecule has 1 heterocycles. The van der Waals surface area contributed by atoms with Gasteiger partial charge in [0.1, 0.15) is 5.52 Å². The summed E-state index contributed by atoms with van der Waals surface area (Å²) in [5.41, 5.74) is 5.67. The van der Waals surface area contributed by atoms with Gasteiger partial charge in [-0.05, 0) is 90.0 Å². The Labute approximate surface area is 181 Å². The van der Waals surface area contributed by atoms with Crippen molar-refractivity contribution in [2.24, 2.45) is 0 Å². The topological polar surface area (TPSA) is 55.1 Å². The Morgan fingerprint density at radius 2 is 1.93 bits per heavy atom. The minimum atomic E-state index is -0.260. The van der Waals surface area contributed by atoms with Gasteiger partial charge in [-0.25, -0.2) is 4.98 Å². The van der Waals surface area contributed by atoms with Crippen LogP contribution in [0.15, 0.2) is 59.0 Å². The van der Waals surface area contributed by atoms with Crippen LogP contribution >= 0.6 is 34.2 Å². The highest BCUT2D eigenvalue weighted by Crippen LogP contribution is 2.29. The Balaban J connectivity index is 1.66. The number of amides is 1. The molecule has 0 unspecified atom stereocenters. The van der Waals surface area contributed by atoms with Gasteiger partial charge in [0.15, 0.2) is 5.58 Å². The lowest BCUT2D eigenvalue weighted by atomic mass is 10.1. The monoisotopic (exact) mass is 502 g/mol. The number of anilines is 1. The lowest BCUT2D eigenvalue weighted by Gasteiger charge is -2.08. The van der Waals surface area contributed by atoms with Gasteiger partial charge in [-0.3, -0.25) is 4.79 Å². The zero-order valence-electron chi connectivity index (χ0n) is 15.2. The number of carbonyl (C=O) groups is 1. The van der Waals surface area contributed by atoms with E-state index in [-0.39, 0.29) is 5.91 Å². The summed E-state index contributed by atoms with van der Waals surface area (Å²) in [6, 6.07) is 16.8. The highest BCUT2D eigenvalue weighted by Gasteiger charge is 2.14. The van der Waals surface area contributed by atoms with Crippen LogP contribution in [0.1, 0.15) is 21.5 Å². The molecule has 140 valence electrons. The Kier molecular flexibility index (Phi) is 5.12. The number of hydrogen-bond donors (Lipinski definition) is 1. The van der Waals surface area contributed by atoms with Crippen LogP contribution in [-0.2, 0) is 0 Å². The highest BCUT2D eigenvalue weighted by molar-refractivity contribution is 14.1. The molecule has 0 saturated heterocycles. The summed E-state index contributed by atoms with van der Waals surface area (Å²) < 4.78 is 6.92. The fourth-order valence-electron chi connectivity index (χ4n) is 3.10. The molecule has 4 rings (SSSR count). The van der Waals surface area contributed by atoms with Gasteiger partial charge in [0.05, 0.1) is 10.6 Å². The summed E-state index contributed by atoms with van der Waals surface area (Å²) in [4.78, 5) is 17.2. The van der Waals surface area contributed by atoms with Gasteiger partial charge in [0, 0.05) is 14.8 Å². The molecule has 1 amide bonds. The SMILES string of the molecule is Cc1cc(C)c2oc(-c3cccc(NC(=O)c4cc(I)ccc4Cl)c3)nc2c1. The van der Waals surface area contributed by atoms with E-state index < -0.39 is 0 Å².